The molecule has 1 aliphatic heterocycles. The number of aromatic amines is 1. The van der Waals surface area contributed by atoms with Gasteiger partial charge in [-0.2, -0.15) is 0 Å². The van der Waals surface area contributed by atoms with E-state index >= 15 is 0 Å². The van der Waals surface area contributed by atoms with E-state index in [1.165, 1.54) is 27.8 Å². The van der Waals surface area contributed by atoms with E-state index in [2.05, 4.69) is 73.5 Å². The maximum Gasteiger partial charge on any atom is 0.186 e. The van der Waals surface area contributed by atoms with Crippen molar-refractivity contribution in [3.8, 4) is 11.5 Å². The van der Waals surface area contributed by atoms with E-state index < -0.39 is 0 Å². The first-order valence-electron chi connectivity index (χ1n) is 9.71. The van der Waals surface area contributed by atoms with Crippen molar-refractivity contribution in [2.24, 2.45) is 0 Å². The average Bonchev–Trinajstić information content (AvgIpc) is 3.07. The summed E-state index contributed by atoms with van der Waals surface area (Å²) in [5, 5.41) is 1.25. The summed E-state index contributed by atoms with van der Waals surface area (Å²) in [6.07, 6.45) is 7.55. The zero-order valence-electron chi connectivity index (χ0n) is 15.5. The molecule has 2 aromatic carbocycles. The highest BCUT2D eigenvalue weighted by Crippen LogP contribution is 2.48. The maximum absolute atomic E-state index is 6.58. The standard InChI is InChI=1S/C24H21NO2/c1-13-6-5-9-18-21(13)17-10-11-19-24(22(17)25-18)27-23-14(2)16-8-4-3-7-15(16)12-20(23)26-19/h3-5,7-14,23,25H,6H2,1-2H3. The second-order valence-corrected chi connectivity index (χ2v) is 7.91. The normalized spacial score (nSPS) is 24.8. The molecular weight excluding hydrogens is 334 g/mol. The summed E-state index contributed by atoms with van der Waals surface area (Å²) in [6.45, 7) is 4.50. The maximum atomic E-state index is 6.58. The van der Waals surface area contributed by atoms with Gasteiger partial charge >= 0.3 is 0 Å². The van der Waals surface area contributed by atoms with Crippen LogP contribution < -0.4 is 9.47 Å². The van der Waals surface area contributed by atoms with E-state index in [0.717, 1.165) is 29.2 Å². The highest BCUT2D eigenvalue weighted by atomic mass is 16.6. The van der Waals surface area contributed by atoms with E-state index in [1.54, 1.807) is 0 Å². The molecule has 3 nitrogen and oxygen atoms in total. The van der Waals surface area contributed by atoms with Crippen LogP contribution in [0.15, 0.2) is 48.2 Å². The molecule has 27 heavy (non-hydrogen) atoms. The van der Waals surface area contributed by atoms with Gasteiger partial charge in [0.05, 0.1) is 5.52 Å². The number of hydrogen-bond donors (Lipinski definition) is 1. The number of ether oxygens (including phenoxy) is 2. The third-order valence-electron chi connectivity index (χ3n) is 6.22. The molecule has 3 atom stereocenters. The Hall–Kier alpha value is -2.94. The molecule has 0 bridgehead atoms. The van der Waals surface area contributed by atoms with Gasteiger partial charge in [0.2, 0.25) is 0 Å². The van der Waals surface area contributed by atoms with Crippen LogP contribution in [-0.4, -0.2) is 11.1 Å². The average molecular weight is 355 g/mol. The van der Waals surface area contributed by atoms with Gasteiger partial charge in [-0.05, 0) is 53.3 Å². The van der Waals surface area contributed by atoms with Gasteiger partial charge in [0.25, 0.3) is 0 Å². The lowest BCUT2D eigenvalue weighted by Gasteiger charge is -2.36. The van der Waals surface area contributed by atoms with Crippen molar-refractivity contribution in [1.82, 2.24) is 4.98 Å². The molecule has 2 aliphatic carbocycles. The van der Waals surface area contributed by atoms with Crippen LogP contribution in [0.3, 0.4) is 0 Å². The molecule has 0 amide bonds. The second kappa shape index (κ2) is 5.29. The molecule has 0 saturated carbocycles. The monoisotopic (exact) mass is 355 g/mol. The van der Waals surface area contributed by atoms with Crippen LogP contribution in [0.5, 0.6) is 11.5 Å². The van der Waals surface area contributed by atoms with Crippen LogP contribution in [-0.2, 0) is 0 Å². The molecule has 3 unspecified atom stereocenters. The topological polar surface area (TPSA) is 34.2 Å². The lowest BCUT2D eigenvalue weighted by atomic mass is 9.85. The summed E-state index contributed by atoms with van der Waals surface area (Å²) in [4.78, 5) is 3.59. The molecule has 3 heteroatoms. The molecule has 3 aliphatic rings. The fraction of sp³-hybridized carbons (Fsp3) is 0.250. The lowest BCUT2D eigenvalue weighted by Crippen LogP contribution is -2.34. The van der Waals surface area contributed by atoms with Gasteiger partial charge in [0.1, 0.15) is 5.76 Å². The quantitative estimate of drug-likeness (QED) is 0.538. The minimum atomic E-state index is -0.0914. The number of allylic oxidation sites excluding steroid dienone is 1. The summed E-state index contributed by atoms with van der Waals surface area (Å²) in [6, 6.07) is 12.7. The molecule has 134 valence electrons. The van der Waals surface area contributed by atoms with Crippen LogP contribution in [0.4, 0.5) is 0 Å². The second-order valence-electron chi connectivity index (χ2n) is 7.91. The summed E-state index contributed by atoms with van der Waals surface area (Å²) in [5.74, 6) is 3.30. The van der Waals surface area contributed by atoms with Crippen LogP contribution in [0.2, 0.25) is 0 Å². The van der Waals surface area contributed by atoms with E-state index in [0.29, 0.717) is 5.92 Å². The first-order chi connectivity index (χ1) is 13.2. The summed E-state index contributed by atoms with van der Waals surface area (Å²) in [7, 11) is 0. The largest absolute Gasteiger partial charge is 0.476 e. The van der Waals surface area contributed by atoms with Gasteiger partial charge in [0, 0.05) is 17.0 Å². The Morgan fingerprint density at radius 1 is 1.07 bits per heavy atom. The molecular formula is C24H21NO2. The number of hydrogen-bond acceptors (Lipinski definition) is 2. The highest BCUT2D eigenvalue weighted by molar-refractivity contribution is 5.94. The number of aromatic nitrogens is 1. The van der Waals surface area contributed by atoms with Crippen molar-refractivity contribution in [1.29, 1.82) is 0 Å². The van der Waals surface area contributed by atoms with Crippen molar-refractivity contribution >= 4 is 23.1 Å². The van der Waals surface area contributed by atoms with Gasteiger partial charge in [-0.3, -0.25) is 0 Å². The summed E-state index contributed by atoms with van der Waals surface area (Å²) < 4.78 is 12.9. The van der Waals surface area contributed by atoms with Gasteiger partial charge in [-0.15, -0.1) is 0 Å². The molecule has 3 aromatic rings. The van der Waals surface area contributed by atoms with Crippen molar-refractivity contribution in [2.45, 2.75) is 38.2 Å². The Kier molecular flexibility index (Phi) is 2.97. The first-order valence-corrected chi connectivity index (χ1v) is 9.71. The highest BCUT2D eigenvalue weighted by Gasteiger charge is 2.37. The zero-order chi connectivity index (χ0) is 18.1. The summed E-state index contributed by atoms with van der Waals surface area (Å²) in [5.41, 5.74) is 6.18. The van der Waals surface area contributed by atoms with Gasteiger partial charge in [-0.1, -0.05) is 44.2 Å². The minimum Gasteiger partial charge on any atom is -0.476 e. The predicted octanol–water partition coefficient (Wildman–Crippen LogP) is 5.99. The SMILES string of the molecule is CC1CC=Cc2[nH]c3c4c(ccc3c21)OC1=Cc2ccccc2C(C)C1O4. The molecule has 0 radical (unpaired) electrons. The van der Waals surface area contributed by atoms with Crippen molar-refractivity contribution in [3.05, 3.63) is 70.6 Å². The van der Waals surface area contributed by atoms with E-state index in [1.807, 2.05) is 0 Å². The van der Waals surface area contributed by atoms with Crippen LogP contribution in [0.1, 0.15) is 54.5 Å². The molecule has 0 saturated heterocycles. The Morgan fingerprint density at radius 2 is 1.96 bits per heavy atom. The van der Waals surface area contributed by atoms with Crippen molar-refractivity contribution < 1.29 is 9.47 Å². The predicted molar refractivity (Wildman–Crippen MR) is 108 cm³/mol. The van der Waals surface area contributed by atoms with Crippen molar-refractivity contribution in [3.63, 3.8) is 0 Å². The Balaban J connectivity index is 1.53. The van der Waals surface area contributed by atoms with Gasteiger partial charge < -0.3 is 14.5 Å². The molecule has 6 rings (SSSR count). The number of rotatable bonds is 0. The molecule has 1 aromatic heterocycles. The Morgan fingerprint density at radius 3 is 2.89 bits per heavy atom. The lowest BCUT2D eigenvalue weighted by molar-refractivity contribution is 0.130. The number of fused-ring (bicyclic) bond motifs is 7. The Bertz CT molecular complexity index is 1150. The molecule has 2 heterocycles. The number of benzene rings is 2. The third-order valence-corrected chi connectivity index (χ3v) is 6.22. The van der Waals surface area contributed by atoms with Crippen LogP contribution >= 0.6 is 0 Å². The fourth-order valence-corrected chi connectivity index (χ4v) is 4.83. The van der Waals surface area contributed by atoms with Crippen LogP contribution in [0.25, 0.3) is 23.1 Å². The smallest absolute Gasteiger partial charge is 0.186 e. The first kappa shape index (κ1) is 15.2. The van der Waals surface area contributed by atoms with E-state index in [9.17, 15) is 0 Å². The molecule has 0 spiro atoms. The van der Waals surface area contributed by atoms with Crippen molar-refractivity contribution in [2.75, 3.05) is 0 Å². The Labute approximate surface area is 158 Å². The summed E-state index contributed by atoms with van der Waals surface area (Å²) >= 11 is 0. The van der Waals surface area contributed by atoms with Crippen LogP contribution in [0, 0.1) is 0 Å². The van der Waals surface area contributed by atoms with Gasteiger partial charge in [-0.25, -0.2) is 0 Å². The minimum absolute atomic E-state index is 0.0914. The third kappa shape index (κ3) is 2.03. The molecule has 1 N–H and O–H groups in total. The zero-order valence-corrected chi connectivity index (χ0v) is 15.5. The fourth-order valence-electron chi connectivity index (χ4n) is 4.83. The van der Waals surface area contributed by atoms with Gasteiger partial charge in [0.15, 0.2) is 17.6 Å². The van der Waals surface area contributed by atoms with E-state index in [-0.39, 0.29) is 12.0 Å². The number of nitrogens with one attached hydrogen (secondary N) is 1. The molecule has 0 fully saturated rings. The number of H-pyrrole nitrogens is 1. The van der Waals surface area contributed by atoms with E-state index in [4.69, 9.17) is 9.47 Å².